The zero-order valence-electron chi connectivity index (χ0n) is 12.1. The molecule has 0 unspecified atom stereocenters. The third kappa shape index (κ3) is 5.03. The molecule has 0 radical (unpaired) electrons. The smallest absolute Gasteiger partial charge is 0.396 e. The van der Waals surface area contributed by atoms with Crippen molar-refractivity contribution in [1.29, 1.82) is 0 Å². The van der Waals surface area contributed by atoms with Gasteiger partial charge >= 0.3 is 18.0 Å². The number of aliphatic hydroxyl groups is 1. The van der Waals surface area contributed by atoms with Gasteiger partial charge in [-0.15, -0.1) is 0 Å². The minimum absolute atomic E-state index is 0.0199. The van der Waals surface area contributed by atoms with Gasteiger partial charge in [-0.1, -0.05) is 6.07 Å². The lowest BCUT2D eigenvalue weighted by molar-refractivity contribution is -0.138. The van der Waals surface area contributed by atoms with Crippen molar-refractivity contribution in [2.45, 2.75) is 32.5 Å². The second kappa shape index (κ2) is 7.26. The van der Waals surface area contributed by atoms with Crippen LogP contribution in [0.25, 0.3) is 0 Å². The van der Waals surface area contributed by atoms with Crippen LogP contribution in [0.3, 0.4) is 0 Å². The molecule has 22 heavy (non-hydrogen) atoms. The van der Waals surface area contributed by atoms with Gasteiger partial charge < -0.3 is 15.7 Å². The topological polar surface area (TPSA) is 78.4 Å². The highest BCUT2D eigenvalue weighted by atomic mass is 19.4. The Labute approximate surface area is 125 Å². The zero-order valence-corrected chi connectivity index (χ0v) is 12.1. The molecule has 0 fully saturated rings. The molecule has 0 spiro atoms. The van der Waals surface area contributed by atoms with E-state index in [1.54, 1.807) is 6.92 Å². The molecule has 5 nitrogen and oxygen atoms in total. The van der Waals surface area contributed by atoms with Gasteiger partial charge in [0.2, 0.25) is 0 Å². The Morgan fingerprint density at radius 3 is 2.45 bits per heavy atom. The highest BCUT2D eigenvalue weighted by Crippen LogP contribution is 2.33. The van der Waals surface area contributed by atoms with Gasteiger partial charge in [0, 0.05) is 18.3 Å². The average molecular weight is 318 g/mol. The number of hydrogen-bond acceptors (Lipinski definition) is 3. The summed E-state index contributed by atoms with van der Waals surface area (Å²) in [5, 5.41) is 13.1. The summed E-state index contributed by atoms with van der Waals surface area (Å²) in [6, 6.07) is 2.85. The summed E-state index contributed by atoms with van der Waals surface area (Å²) in [4.78, 5) is 23.2. The van der Waals surface area contributed by atoms with Gasteiger partial charge in [-0.3, -0.25) is 9.59 Å². The minimum atomic E-state index is -4.54. The lowest BCUT2D eigenvalue weighted by atomic mass is 10.1. The van der Waals surface area contributed by atoms with Crippen molar-refractivity contribution in [3.63, 3.8) is 0 Å². The number of nitrogens with one attached hydrogen (secondary N) is 2. The number of amides is 2. The molecule has 1 aromatic rings. The molecular formula is C14H17F3N2O3. The number of anilines is 1. The van der Waals surface area contributed by atoms with E-state index in [-0.39, 0.29) is 24.3 Å². The molecule has 8 heteroatoms. The van der Waals surface area contributed by atoms with Crippen molar-refractivity contribution >= 4 is 17.5 Å². The van der Waals surface area contributed by atoms with Crippen molar-refractivity contribution in [2.24, 2.45) is 0 Å². The van der Waals surface area contributed by atoms with Crippen LogP contribution >= 0.6 is 0 Å². The first-order valence-corrected chi connectivity index (χ1v) is 6.55. The molecule has 0 aliphatic carbocycles. The standard InChI is InChI=1S/C14H17F3N2O3/c1-8-3-4-10(7-11(8)14(15,16)17)19-13(22)12(21)18-9(2)5-6-20/h3-4,7,9,20H,5-6H2,1-2H3,(H,18,21)(H,19,22)/t9-/m1/s1. The Balaban J connectivity index is 2.79. The molecule has 0 saturated heterocycles. The van der Waals surface area contributed by atoms with E-state index >= 15 is 0 Å². The van der Waals surface area contributed by atoms with Crippen LogP contribution in [0.1, 0.15) is 24.5 Å². The van der Waals surface area contributed by atoms with Crippen molar-refractivity contribution in [3.05, 3.63) is 29.3 Å². The lowest BCUT2D eigenvalue weighted by Crippen LogP contribution is -2.40. The molecular weight excluding hydrogens is 301 g/mol. The van der Waals surface area contributed by atoms with Crippen LogP contribution in [0.15, 0.2) is 18.2 Å². The maximum atomic E-state index is 12.8. The molecule has 1 aromatic carbocycles. The summed E-state index contributed by atoms with van der Waals surface area (Å²) in [6.45, 7) is 2.74. The fourth-order valence-corrected chi connectivity index (χ4v) is 1.75. The normalized spacial score (nSPS) is 12.6. The lowest BCUT2D eigenvalue weighted by Gasteiger charge is -2.14. The molecule has 0 aliphatic heterocycles. The number of carbonyl (C=O) groups excluding carboxylic acids is 2. The molecule has 1 atom stereocenters. The Hall–Kier alpha value is -2.09. The number of aliphatic hydroxyl groups excluding tert-OH is 1. The third-order valence-electron chi connectivity index (χ3n) is 2.95. The van der Waals surface area contributed by atoms with E-state index in [1.807, 2.05) is 0 Å². The quantitative estimate of drug-likeness (QED) is 0.741. The van der Waals surface area contributed by atoms with Gasteiger partial charge in [-0.25, -0.2) is 0 Å². The maximum Gasteiger partial charge on any atom is 0.416 e. The summed E-state index contributed by atoms with van der Waals surface area (Å²) < 4.78 is 38.3. The van der Waals surface area contributed by atoms with Gasteiger partial charge in [-0.2, -0.15) is 13.2 Å². The Morgan fingerprint density at radius 1 is 1.27 bits per heavy atom. The fraction of sp³-hybridized carbons (Fsp3) is 0.429. The predicted octanol–water partition coefficient (Wildman–Crippen LogP) is 1.84. The molecule has 0 heterocycles. The van der Waals surface area contributed by atoms with E-state index in [4.69, 9.17) is 5.11 Å². The van der Waals surface area contributed by atoms with Crippen LogP contribution in [0.5, 0.6) is 0 Å². The molecule has 0 saturated carbocycles. The third-order valence-corrected chi connectivity index (χ3v) is 2.95. The van der Waals surface area contributed by atoms with Gasteiger partial charge in [-0.05, 0) is 38.0 Å². The second-order valence-corrected chi connectivity index (χ2v) is 4.87. The molecule has 2 amide bonds. The SMILES string of the molecule is Cc1ccc(NC(=O)C(=O)N[C@H](C)CCO)cc1C(F)(F)F. The van der Waals surface area contributed by atoms with Crippen molar-refractivity contribution < 1.29 is 27.9 Å². The predicted molar refractivity (Wildman–Crippen MR) is 74.1 cm³/mol. The Morgan fingerprint density at radius 2 is 1.91 bits per heavy atom. The van der Waals surface area contributed by atoms with Gasteiger partial charge in [0.05, 0.1) is 5.56 Å². The number of halogens is 3. The summed E-state index contributed by atoms with van der Waals surface area (Å²) in [5.74, 6) is -2.04. The molecule has 3 N–H and O–H groups in total. The fourth-order valence-electron chi connectivity index (χ4n) is 1.75. The van der Waals surface area contributed by atoms with Crippen LogP contribution in [0.4, 0.5) is 18.9 Å². The van der Waals surface area contributed by atoms with Crippen molar-refractivity contribution in [3.8, 4) is 0 Å². The summed E-state index contributed by atoms with van der Waals surface area (Å²) in [6.07, 6.45) is -4.27. The summed E-state index contributed by atoms with van der Waals surface area (Å²) in [5.41, 5.74) is -0.973. The summed E-state index contributed by atoms with van der Waals surface area (Å²) >= 11 is 0. The number of alkyl halides is 3. The monoisotopic (exact) mass is 318 g/mol. The molecule has 122 valence electrons. The highest BCUT2D eigenvalue weighted by Gasteiger charge is 2.32. The van der Waals surface area contributed by atoms with E-state index in [2.05, 4.69) is 10.6 Å². The highest BCUT2D eigenvalue weighted by molar-refractivity contribution is 6.39. The number of carbonyl (C=O) groups is 2. The van der Waals surface area contributed by atoms with E-state index in [0.29, 0.717) is 0 Å². The second-order valence-electron chi connectivity index (χ2n) is 4.87. The first-order valence-electron chi connectivity index (χ1n) is 6.55. The van der Waals surface area contributed by atoms with Gasteiger partial charge in [0.15, 0.2) is 0 Å². The van der Waals surface area contributed by atoms with Crippen LogP contribution in [-0.4, -0.2) is 29.6 Å². The molecule has 0 bridgehead atoms. The number of aryl methyl sites for hydroxylation is 1. The first kappa shape index (κ1) is 18.0. The summed E-state index contributed by atoms with van der Waals surface area (Å²) in [7, 11) is 0. The van der Waals surface area contributed by atoms with Crippen LogP contribution in [0, 0.1) is 6.92 Å². The van der Waals surface area contributed by atoms with Crippen LogP contribution in [0.2, 0.25) is 0 Å². The Bertz CT molecular complexity index is 559. The van der Waals surface area contributed by atoms with E-state index < -0.39 is 29.6 Å². The Kier molecular flexibility index (Phi) is 5.92. The molecule has 0 aliphatic rings. The van der Waals surface area contributed by atoms with E-state index in [1.165, 1.54) is 19.1 Å². The van der Waals surface area contributed by atoms with Crippen LogP contribution in [-0.2, 0) is 15.8 Å². The van der Waals surface area contributed by atoms with Crippen molar-refractivity contribution in [2.75, 3.05) is 11.9 Å². The van der Waals surface area contributed by atoms with Crippen molar-refractivity contribution in [1.82, 2.24) is 5.32 Å². The maximum absolute atomic E-state index is 12.8. The van der Waals surface area contributed by atoms with E-state index in [0.717, 1.165) is 6.07 Å². The van der Waals surface area contributed by atoms with Gasteiger partial charge in [0.1, 0.15) is 0 Å². The molecule has 1 rings (SSSR count). The minimum Gasteiger partial charge on any atom is -0.396 e. The zero-order chi connectivity index (χ0) is 16.9. The number of hydrogen-bond donors (Lipinski definition) is 3. The number of rotatable bonds is 4. The largest absolute Gasteiger partial charge is 0.416 e. The van der Waals surface area contributed by atoms with E-state index in [9.17, 15) is 22.8 Å². The average Bonchev–Trinajstić information content (AvgIpc) is 2.39. The van der Waals surface area contributed by atoms with Crippen LogP contribution < -0.4 is 10.6 Å². The first-order chi connectivity index (χ1) is 10.1. The van der Waals surface area contributed by atoms with Gasteiger partial charge in [0.25, 0.3) is 0 Å². The number of benzene rings is 1. The molecule has 0 aromatic heterocycles.